The number of nitrogens with one attached hydrogen (secondary N) is 2. The van der Waals surface area contributed by atoms with Crippen LogP contribution in [-0.2, 0) is 6.54 Å². The van der Waals surface area contributed by atoms with Crippen molar-refractivity contribution in [2.24, 2.45) is 5.73 Å². The summed E-state index contributed by atoms with van der Waals surface area (Å²) < 4.78 is 0. The minimum atomic E-state index is -0.525. The van der Waals surface area contributed by atoms with E-state index < -0.39 is 6.03 Å². The number of carbonyl (C=O) groups excluding carboxylic acids is 1. The van der Waals surface area contributed by atoms with Crippen LogP contribution in [0.5, 0.6) is 0 Å². The number of hydrogen-bond donors (Lipinski definition) is 3. The first kappa shape index (κ1) is 8.55. The van der Waals surface area contributed by atoms with E-state index in [1.54, 1.807) is 6.20 Å². The molecule has 14 heavy (non-hydrogen) atoms. The largest absolute Gasteiger partial charge is 0.352 e. The van der Waals surface area contributed by atoms with Crippen molar-refractivity contribution in [3.63, 3.8) is 0 Å². The number of primary amides is 1. The zero-order valence-corrected chi connectivity index (χ0v) is 7.45. The second-order valence-corrected chi connectivity index (χ2v) is 2.93. The fraction of sp³-hybridized carbons (Fsp3) is 0.111. The monoisotopic (exact) mass is 190 g/mol. The van der Waals surface area contributed by atoms with Gasteiger partial charge in [0.05, 0.1) is 0 Å². The number of aromatic amines is 1. The molecule has 0 radical (unpaired) electrons. The molecule has 0 saturated heterocycles. The van der Waals surface area contributed by atoms with Crippen LogP contribution in [0.15, 0.2) is 24.5 Å². The van der Waals surface area contributed by atoms with Gasteiger partial charge in [0.25, 0.3) is 0 Å². The molecule has 2 heterocycles. The Morgan fingerprint density at radius 2 is 2.50 bits per heavy atom. The second kappa shape index (κ2) is 3.37. The highest BCUT2D eigenvalue weighted by Gasteiger charge is 2.03. The average Bonchev–Trinajstić information content (AvgIpc) is 2.58. The van der Waals surface area contributed by atoms with Crippen LogP contribution in [0.4, 0.5) is 4.79 Å². The quantitative estimate of drug-likeness (QED) is 0.652. The minimum Gasteiger partial charge on any atom is -0.352 e. The van der Waals surface area contributed by atoms with E-state index >= 15 is 0 Å². The van der Waals surface area contributed by atoms with Gasteiger partial charge in [0, 0.05) is 24.3 Å². The highest BCUT2D eigenvalue weighted by Crippen LogP contribution is 2.14. The van der Waals surface area contributed by atoms with Gasteiger partial charge < -0.3 is 16.0 Å². The van der Waals surface area contributed by atoms with Crippen molar-refractivity contribution in [1.29, 1.82) is 0 Å². The number of nitrogens with two attached hydrogens (primary N) is 1. The lowest BCUT2D eigenvalue weighted by Gasteiger charge is -1.98. The summed E-state index contributed by atoms with van der Waals surface area (Å²) in [7, 11) is 0. The van der Waals surface area contributed by atoms with E-state index in [0.717, 1.165) is 16.6 Å². The minimum absolute atomic E-state index is 0.418. The summed E-state index contributed by atoms with van der Waals surface area (Å²) in [5.41, 5.74) is 6.77. The number of urea groups is 1. The molecule has 72 valence electrons. The molecule has 0 spiro atoms. The lowest BCUT2D eigenvalue weighted by Crippen LogP contribution is -2.28. The van der Waals surface area contributed by atoms with Gasteiger partial charge in [-0.3, -0.25) is 0 Å². The molecule has 2 aromatic rings. The highest BCUT2D eigenvalue weighted by atomic mass is 16.2. The molecule has 0 aliphatic carbocycles. The van der Waals surface area contributed by atoms with Gasteiger partial charge >= 0.3 is 6.03 Å². The summed E-state index contributed by atoms with van der Waals surface area (Å²) in [5.74, 6) is 0. The predicted octanol–water partition coefficient (Wildman–Crippen LogP) is 0.731. The average molecular weight is 190 g/mol. The summed E-state index contributed by atoms with van der Waals surface area (Å²) in [6.07, 6.45) is 3.53. The topological polar surface area (TPSA) is 83.8 Å². The number of hydrogen-bond acceptors (Lipinski definition) is 2. The first-order valence-electron chi connectivity index (χ1n) is 4.21. The number of H-pyrrole nitrogens is 1. The first-order chi connectivity index (χ1) is 6.77. The summed E-state index contributed by atoms with van der Waals surface area (Å²) in [6, 6.07) is 3.27. The molecule has 2 amide bonds. The van der Waals surface area contributed by atoms with Gasteiger partial charge in [-0.2, -0.15) is 0 Å². The van der Waals surface area contributed by atoms with E-state index in [1.165, 1.54) is 0 Å². The Bertz CT molecular complexity index is 463. The van der Waals surface area contributed by atoms with Crippen molar-refractivity contribution in [2.75, 3.05) is 0 Å². The number of rotatable bonds is 2. The van der Waals surface area contributed by atoms with E-state index in [4.69, 9.17) is 5.73 Å². The Balaban J connectivity index is 2.29. The third kappa shape index (κ3) is 1.52. The fourth-order valence-corrected chi connectivity index (χ4v) is 1.34. The van der Waals surface area contributed by atoms with Gasteiger partial charge in [-0.05, 0) is 17.7 Å². The van der Waals surface area contributed by atoms with Gasteiger partial charge in [0.15, 0.2) is 0 Å². The predicted molar refractivity (Wildman–Crippen MR) is 52.5 cm³/mol. The Morgan fingerprint density at radius 1 is 1.64 bits per heavy atom. The standard InChI is InChI=1S/C9H10N4O/c10-9(14)13-5-6-4-12-8-7(6)2-1-3-11-8/h1-4H,5H2,(H,11,12)(H3,10,13,14). The van der Waals surface area contributed by atoms with Crippen LogP contribution in [0.1, 0.15) is 5.56 Å². The van der Waals surface area contributed by atoms with Gasteiger partial charge in [0.1, 0.15) is 5.65 Å². The molecule has 0 aliphatic rings. The van der Waals surface area contributed by atoms with Crippen LogP contribution in [0.3, 0.4) is 0 Å². The maximum Gasteiger partial charge on any atom is 0.312 e. The first-order valence-corrected chi connectivity index (χ1v) is 4.21. The van der Waals surface area contributed by atoms with E-state index in [1.807, 2.05) is 18.3 Å². The Labute approximate surface area is 80.3 Å². The van der Waals surface area contributed by atoms with Crippen molar-refractivity contribution in [1.82, 2.24) is 15.3 Å². The van der Waals surface area contributed by atoms with Crippen molar-refractivity contribution >= 4 is 17.1 Å². The Morgan fingerprint density at radius 3 is 3.29 bits per heavy atom. The third-order valence-electron chi connectivity index (χ3n) is 1.99. The second-order valence-electron chi connectivity index (χ2n) is 2.93. The lowest BCUT2D eigenvalue weighted by atomic mass is 10.2. The number of aromatic nitrogens is 2. The van der Waals surface area contributed by atoms with Crippen molar-refractivity contribution < 1.29 is 4.79 Å². The smallest absolute Gasteiger partial charge is 0.312 e. The van der Waals surface area contributed by atoms with Crippen molar-refractivity contribution in [3.05, 3.63) is 30.1 Å². The molecule has 0 fully saturated rings. The zero-order chi connectivity index (χ0) is 9.97. The molecule has 0 saturated carbocycles. The molecule has 0 bridgehead atoms. The third-order valence-corrected chi connectivity index (χ3v) is 1.99. The molecule has 0 aromatic carbocycles. The molecule has 0 unspecified atom stereocenters. The van der Waals surface area contributed by atoms with Crippen LogP contribution in [0.25, 0.3) is 11.0 Å². The molecule has 5 heteroatoms. The lowest BCUT2D eigenvalue weighted by molar-refractivity contribution is 0.248. The number of amides is 2. The van der Waals surface area contributed by atoms with E-state index in [0.29, 0.717) is 6.54 Å². The molecule has 2 rings (SSSR count). The maximum atomic E-state index is 10.5. The number of fused-ring (bicyclic) bond motifs is 1. The number of nitrogens with zero attached hydrogens (tertiary/aromatic N) is 1. The SMILES string of the molecule is NC(=O)NCc1c[nH]c2ncccc12. The van der Waals surface area contributed by atoms with Gasteiger partial charge in [-0.15, -0.1) is 0 Å². The van der Waals surface area contributed by atoms with Crippen LogP contribution in [0, 0.1) is 0 Å². The van der Waals surface area contributed by atoms with E-state index in [2.05, 4.69) is 15.3 Å². The molecule has 0 atom stereocenters. The molecular weight excluding hydrogens is 180 g/mol. The molecule has 5 nitrogen and oxygen atoms in total. The van der Waals surface area contributed by atoms with Crippen LogP contribution < -0.4 is 11.1 Å². The summed E-state index contributed by atoms with van der Waals surface area (Å²) in [4.78, 5) is 17.7. The Hall–Kier alpha value is -2.04. The molecule has 4 N–H and O–H groups in total. The molecule has 0 aliphatic heterocycles. The molecule has 2 aromatic heterocycles. The summed E-state index contributed by atoms with van der Waals surface area (Å²) in [6.45, 7) is 0.418. The zero-order valence-electron chi connectivity index (χ0n) is 7.45. The maximum absolute atomic E-state index is 10.5. The number of pyridine rings is 1. The Kier molecular flexibility index (Phi) is 2.06. The normalized spacial score (nSPS) is 10.3. The highest BCUT2D eigenvalue weighted by molar-refractivity contribution is 5.80. The van der Waals surface area contributed by atoms with Crippen LogP contribution >= 0.6 is 0 Å². The number of carbonyl (C=O) groups is 1. The fourth-order valence-electron chi connectivity index (χ4n) is 1.34. The van der Waals surface area contributed by atoms with E-state index in [-0.39, 0.29) is 0 Å². The summed E-state index contributed by atoms with van der Waals surface area (Å²) in [5, 5.41) is 3.53. The van der Waals surface area contributed by atoms with Crippen molar-refractivity contribution in [2.45, 2.75) is 6.54 Å². The van der Waals surface area contributed by atoms with Gasteiger partial charge in [0.2, 0.25) is 0 Å². The van der Waals surface area contributed by atoms with E-state index in [9.17, 15) is 4.79 Å². The van der Waals surface area contributed by atoms with Gasteiger partial charge in [-0.1, -0.05) is 0 Å². The van der Waals surface area contributed by atoms with Crippen LogP contribution in [-0.4, -0.2) is 16.0 Å². The van der Waals surface area contributed by atoms with Crippen molar-refractivity contribution in [3.8, 4) is 0 Å². The molecular formula is C9H10N4O. The summed E-state index contributed by atoms with van der Waals surface area (Å²) >= 11 is 0. The van der Waals surface area contributed by atoms with Gasteiger partial charge in [-0.25, -0.2) is 9.78 Å². The van der Waals surface area contributed by atoms with Crippen LogP contribution in [0.2, 0.25) is 0 Å².